The van der Waals surface area contributed by atoms with Gasteiger partial charge in [0.15, 0.2) is 0 Å². The van der Waals surface area contributed by atoms with Gasteiger partial charge in [0.2, 0.25) is 0 Å². The fourth-order valence-electron chi connectivity index (χ4n) is 1.78. The molecule has 2 nitrogen and oxygen atoms in total. The average Bonchev–Trinajstić information content (AvgIpc) is 2.89. The summed E-state index contributed by atoms with van der Waals surface area (Å²) in [5.41, 5.74) is 6.87. The van der Waals surface area contributed by atoms with Crippen molar-refractivity contribution in [3.63, 3.8) is 0 Å². The summed E-state index contributed by atoms with van der Waals surface area (Å²) < 4.78 is 2.23. The van der Waals surface area contributed by atoms with E-state index in [1.165, 1.54) is 15.3 Å². The monoisotopic (exact) mass is 234 g/mol. The maximum Gasteiger partial charge on any atom is 0.0563 e. The molecule has 2 heterocycles. The normalized spacial score (nSPS) is 10.9. The molecule has 0 amide bonds. The molecule has 0 unspecified atom stereocenters. The zero-order valence-electron chi connectivity index (χ0n) is 9.65. The Hall–Kier alpha value is -1.06. The van der Waals surface area contributed by atoms with Crippen molar-refractivity contribution in [1.29, 1.82) is 0 Å². The summed E-state index contributed by atoms with van der Waals surface area (Å²) in [6.45, 7) is 3.91. The van der Waals surface area contributed by atoms with Crippen LogP contribution in [0, 0.1) is 0 Å². The Morgan fingerprint density at radius 3 is 2.75 bits per heavy atom. The molecule has 2 aromatic rings. The van der Waals surface area contributed by atoms with Gasteiger partial charge in [-0.15, -0.1) is 11.3 Å². The largest absolute Gasteiger partial charge is 0.349 e. The van der Waals surface area contributed by atoms with Gasteiger partial charge in [-0.1, -0.05) is 6.92 Å². The van der Waals surface area contributed by atoms with Gasteiger partial charge in [-0.2, -0.15) is 0 Å². The third kappa shape index (κ3) is 2.74. The summed E-state index contributed by atoms with van der Waals surface area (Å²) in [4.78, 5) is 2.89. The number of nitrogens with two attached hydrogens (primary N) is 1. The summed E-state index contributed by atoms with van der Waals surface area (Å²) in [6.07, 6.45) is 6.43. The van der Waals surface area contributed by atoms with Crippen LogP contribution in [0.2, 0.25) is 0 Å². The standard InChI is InChI=1S/C13H18N2S/c1-2-12-3-4-13(16-12)10-15-8-6-11(9-15)5-7-14/h3-4,6,8-9H,2,5,7,10,14H2,1H3. The first-order valence-electron chi connectivity index (χ1n) is 5.74. The molecule has 0 radical (unpaired) electrons. The van der Waals surface area contributed by atoms with Crippen molar-refractivity contribution >= 4 is 11.3 Å². The molecule has 2 rings (SSSR count). The molecule has 2 N–H and O–H groups in total. The van der Waals surface area contributed by atoms with E-state index in [1.807, 2.05) is 11.3 Å². The molecule has 0 saturated carbocycles. The van der Waals surface area contributed by atoms with Crippen molar-refractivity contribution in [3.8, 4) is 0 Å². The van der Waals surface area contributed by atoms with E-state index in [4.69, 9.17) is 5.73 Å². The number of nitrogens with zero attached hydrogens (tertiary/aromatic N) is 1. The molecule has 0 atom stereocenters. The van der Waals surface area contributed by atoms with Crippen LogP contribution < -0.4 is 5.73 Å². The molecule has 3 heteroatoms. The minimum Gasteiger partial charge on any atom is -0.349 e. The second kappa shape index (κ2) is 5.32. The van der Waals surface area contributed by atoms with E-state index >= 15 is 0 Å². The van der Waals surface area contributed by atoms with Crippen LogP contribution in [0.4, 0.5) is 0 Å². The Labute approximate surface area is 101 Å². The Morgan fingerprint density at radius 1 is 1.25 bits per heavy atom. The van der Waals surface area contributed by atoms with Crippen molar-refractivity contribution in [2.45, 2.75) is 26.3 Å². The Kier molecular flexibility index (Phi) is 3.80. The van der Waals surface area contributed by atoms with Gasteiger partial charge in [-0.3, -0.25) is 0 Å². The first-order chi connectivity index (χ1) is 7.81. The summed E-state index contributed by atoms with van der Waals surface area (Å²) in [5.74, 6) is 0. The van der Waals surface area contributed by atoms with Gasteiger partial charge in [0.05, 0.1) is 6.54 Å². The van der Waals surface area contributed by atoms with Crippen molar-refractivity contribution in [2.24, 2.45) is 5.73 Å². The van der Waals surface area contributed by atoms with Gasteiger partial charge < -0.3 is 10.3 Å². The third-order valence-electron chi connectivity index (χ3n) is 2.65. The number of aromatic nitrogens is 1. The molecule has 0 fully saturated rings. The molecule has 86 valence electrons. The molecule has 0 aliphatic heterocycles. The molecule has 0 saturated heterocycles. The van der Waals surface area contributed by atoms with Crippen LogP contribution in [0.25, 0.3) is 0 Å². The maximum atomic E-state index is 5.54. The van der Waals surface area contributed by atoms with Crippen molar-refractivity contribution in [1.82, 2.24) is 4.57 Å². The van der Waals surface area contributed by atoms with Crippen LogP contribution in [0.3, 0.4) is 0 Å². The maximum absolute atomic E-state index is 5.54. The van der Waals surface area contributed by atoms with E-state index in [2.05, 4.69) is 42.1 Å². The molecule has 2 aromatic heterocycles. The molecule has 0 aliphatic carbocycles. The van der Waals surface area contributed by atoms with E-state index in [-0.39, 0.29) is 0 Å². The second-order valence-electron chi connectivity index (χ2n) is 3.95. The van der Waals surface area contributed by atoms with Crippen molar-refractivity contribution < 1.29 is 0 Å². The topological polar surface area (TPSA) is 30.9 Å². The molecular formula is C13H18N2S. The zero-order valence-corrected chi connectivity index (χ0v) is 10.5. The van der Waals surface area contributed by atoms with Crippen molar-refractivity contribution in [2.75, 3.05) is 6.54 Å². The SMILES string of the molecule is CCc1ccc(Cn2ccc(CCN)c2)s1. The van der Waals surface area contributed by atoms with Crippen LogP contribution in [0.5, 0.6) is 0 Å². The lowest BCUT2D eigenvalue weighted by molar-refractivity contribution is 0.813. The molecule has 0 spiro atoms. The smallest absolute Gasteiger partial charge is 0.0563 e. The van der Waals surface area contributed by atoms with Gasteiger partial charge in [0.1, 0.15) is 0 Å². The summed E-state index contributed by atoms with van der Waals surface area (Å²) in [7, 11) is 0. The van der Waals surface area contributed by atoms with Crippen molar-refractivity contribution in [3.05, 3.63) is 45.9 Å². The number of hydrogen-bond acceptors (Lipinski definition) is 2. The minimum absolute atomic E-state index is 0.725. The predicted molar refractivity (Wildman–Crippen MR) is 70.0 cm³/mol. The Balaban J connectivity index is 2.02. The first kappa shape index (κ1) is 11.4. The molecular weight excluding hydrogens is 216 g/mol. The van der Waals surface area contributed by atoms with Crippen LogP contribution in [-0.2, 0) is 19.4 Å². The summed E-state index contributed by atoms with van der Waals surface area (Å²) in [6, 6.07) is 6.61. The predicted octanol–water partition coefficient (Wildman–Crippen LogP) is 2.66. The fourth-order valence-corrected chi connectivity index (χ4v) is 2.75. The van der Waals surface area contributed by atoms with Gasteiger partial charge in [-0.25, -0.2) is 0 Å². The summed E-state index contributed by atoms with van der Waals surface area (Å²) >= 11 is 1.90. The number of hydrogen-bond donors (Lipinski definition) is 1. The lowest BCUT2D eigenvalue weighted by atomic mass is 10.2. The van der Waals surface area contributed by atoms with Crippen LogP contribution in [0.1, 0.15) is 22.2 Å². The molecule has 16 heavy (non-hydrogen) atoms. The minimum atomic E-state index is 0.725. The highest BCUT2D eigenvalue weighted by atomic mass is 32.1. The second-order valence-corrected chi connectivity index (χ2v) is 5.21. The van der Waals surface area contributed by atoms with Gasteiger partial charge >= 0.3 is 0 Å². The highest BCUT2D eigenvalue weighted by Gasteiger charge is 2.00. The van der Waals surface area contributed by atoms with E-state index in [0.717, 1.165) is 25.9 Å². The van der Waals surface area contributed by atoms with Gasteiger partial charge in [0, 0.05) is 22.1 Å². The van der Waals surface area contributed by atoms with Gasteiger partial charge in [0.25, 0.3) is 0 Å². The lowest BCUT2D eigenvalue weighted by Crippen LogP contribution is -2.01. The van der Waals surface area contributed by atoms with Crippen LogP contribution in [-0.4, -0.2) is 11.1 Å². The number of thiophene rings is 1. The van der Waals surface area contributed by atoms with E-state index < -0.39 is 0 Å². The third-order valence-corrected chi connectivity index (χ3v) is 3.86. The van der Waals surface area contributed by atoms with Gasteiger partial charge in [-0.05, 0) is 43.1 Å². The molecule has 0 aromatic carbocycles. The number of aryl methyl sites for hydroxylation is 1. The highest BCUT2D eigenvalue weighted by Crippen LogP contribution is 2.18. The fraction of sp³-hybridized carbons (Fsp3) is 0.385. The average molecular weight is 234 g/mol. The lowest BCUT2D eigenvalue weighted by Gasteiger charge is -1.99. The Morgan fingerprint density at radius 2 is 2.06 bits per heavy atom. The molecule has 0 bridgehead atoms. The molecule has 0 aliphatic rings. The van der Waals surface area contributed by atoms with Crippen LogP contribution in [0.15, 0.2) is 30.6 Å². The summed E-state index contributed by atoms with van der Waals surface area (Å²) in [5, 5.41) is 0. The van der Waals surface area contributed by atoms with E-state index in [0.29, 0.717) is 0 Å². The first-order valence-corrected chi connectivity index (χ1v) is 6.55. The quantitative estimate of drug-likeness (QED) is 0.847. The Bertz CT molecular complexity index is 442. The number of rotatable bonds is 5. The van der Waals surface area contributed by atoms with E-state index in [9.17, 15) is 0 Å². The zero-order chi connectivity index (χ0) is 11.4. The van der Waals surface area contributed by atoms with Crippen LogP contribution >= 0.6 is 11.3 Å². The van der Waals surface area contributed by atoms with E-state index in [1.54, 1.807) is 0 Å². The highest BCUT2D eigenvalue weighted by molar-refractivity contribution is 7.11.